The van der Waals surface area contributed by atoms with Gasteiger partial charge in [-0.1, -0.05) is 0 Å². The molecule has 0 saturated carbocycles. The van der Waals surface area contributed by atoms with Crippen molar-refractivity contribution < 1.29 is 9.90 Å². The molecule has 0 spiro atoms. The molecule has 2 amide bonds. The zero-order valence-corrected chi connectivity index (χ0v) is 14.9. The van der Waals surface area contributed by atoms with Gasteiger partial charge in [0.25, 0.3) is 0 Å². The molecule has 1 aromatic heterocycles. The Kier molecular flexibility index (Phi) is 7.26. The summed E-state index contributed by atoms with van der Waals surface area (Å²) in [5.74, 6) is 0.542. The summed E-state index contributed by atoms with van der Waals surface area (Å²) in [5.41, 5.74) is 1.17. The molecule has 0 aromatic carbocycles. The van der Waals surface area contributed by atoms with Crippen LogP contribution in [0.2, 0.25) is 0 Å². The van der Waals surface area contributed by atoms with Crippen LogP contribution in [0.15, 0.2) is 5.38 Å². The quantitative estimate of drug-likeness (QED) is 0.792. The SMILES string of the molecule is CCN(CCO)C(=O)NCC1CCN(Cc2csc(C)n2)CC1. The third-order valence-corrected chi connectivity index (χ3v) is 5.16. The molecule has 6 nitrogen and oxygen atoms in total. The van der Waals surface area contributed by atoms with E-state index < -0.39 is 0 Å². The average molecular weight is 340 g/mol. The average Bonchev–Trinajstić information content (AvgIpc) is 2.96. The maximum atomic E-state index is 12.0. The number of amides is 2. The molecule has 1 aliphatic heterocycles. The number of likely N-dealkylation sites (tertiary alicyclic amines) is 1. The number of likely N-dealkylation sites (N-methyl/N-ethyl adjacent to an activating group) is 1. The monoisotopic (exact) mass is 340 g/mol. The van der Waals surface area contributed by atoms with Crippen molar-refractivity contribution in [2.24, 2.45) is 5.92 Å². The van der Waals surface area contributed by atoms with Gasteiger partial charge in [0, 0.05) is 31.6 Å². The van der Waals surface area contributed by atoms with E-state index in [4.69, 9.17) is 5.11 Å². The van der Waals surface area contributed by atoms with E-state index in [1.807, 2.05) is 13.8 Å². The predicted molar refractivity (Wildman–Crippen MR) is 92.6 cm³/mol. The largest absolute Gasteiger partial charge is 0.395 e. The molecular weight excluding hydrogens is 312 g/mol. The van der Waals surface area contributed by atoms with Crippen LogP contribution in [0.25, 0.3) is 0 Å². The highest BCUT2D eigenvalue weighted by molar-refractivity contribution is 7.09. The van der Waals surface area contributed by atoms with Gasteiger partial charge in [-0.2, -0.15) is 0 Å². The van der Waals surface area contributed by atoms with E-state index in [2.05, 4.69) is 20.6 Å². The van der Waals surface area contributed by atoms with Crippen LogP contribution >= 0.6 is 11.3 Å². The summed E-state index contributed by atoms with van der Waals surface area (Å²) in [7, 11) is 0. The van der Waals surface area contributed by atoms with E-state index in [-0.39, 0.29) is 12.6 Å². The van der Waals surface area contributed by atoms with Crippen molar-refractivity contribution in [1.29, 1.82) is 0 Å². The number of piperidine rings is 1. The van der Waals surface area contributed by atoms with Gasteiger partial charge in [0.05, 0.1) is 17.3 Å². The van der Waals surface area contributed by atoms with Crippen molar-refractivity contribution in [3.05, 3.63) is 16.1 Å². The molecule has 0 aliphatic carbocycles. The number of hydrogen-bond donors (Lipinski definition) is 2. The van der Waals surface area contributed by atoms with Crippen molar-refractivity contribution in [3.63, 3.8) is 0 Å². The molecule has 0 atom stereocenters. The molecule has 0 radical (unpaired) electrons. The van der Waals surface area contributed by atoms with Crippen molar-refractivity contribution in [2.75, 3.05) is 39.3 Å². The van der Waals surface area contributed by atoms with Crippen molar-refractivity contribution in [2.45, 2.75) is 33.2 Å². The van der Waals surface area contributed by atoms with Crippen LogP contribution in [0.1, 0.15) is 30.5 Å². The lowest BCUT2D eigenvalue weighted by atomic mass is 9.97. The summed E-state index contributed by atoms with van der Waals surface area (Å²) < 4.78 is 0. The Hall–Kier alpha value is -1.18. The third-order valence-electron chi connectivity index (χ3n) is 4.34. The van der Waals surface area contributed by atoms with Gasteiger partial charge in [-0.05, 0) is 45.7 Å². The van der Waals surface area contributed by atoms with E-state index in [1.165, 1.54) is 5.69 Å². The second kappa shape index (κ2) is 9.20. The van der Waals surface area contributed by atoms with E-state index in [9.17, 15) is 4.79 Å². The summed E-state index contributed by atoms with van der Waals surface area (Å²) in [6.07, 6.45) is 2.21. The molecule has 2 N–H and O–H groups in total. The minimum absolute atomic E-state index is 0.00966. The number of carbonyl (C=O) groups excluding carboxylic acids is 1. The first-order valence-corrected chi connectivity index (χ1v) is 9.27. The second-order valence-corrected chi connectivity index (χ2v) is 7.13. The number of hydrogen-bond acceptors (Lipinski definition) is 5. The van der Waals surface area contributed by atoms with Crippen LogP contribution in [-0.2, 0) is 6.54 Å². The summed E-state index contributed by atoms with van der Waals surface area (Å²) in [4.78, 5) is 20.6. The molecule has 0 bridgehead atoms. The van der Waals surface area contributed by atoms with Crippen LogP contribution in [-0.4, -0.2) is 65.3 Å². The number of carbonyl (C=O) groups is 1. The Morgan fingerprint density at radius 2 is 2.26 bits per heavy atom. The normalized spacial score (nSPS) is 16.5. The topological polar surface area (TPSA) is 68.7 Å². The Bertz CT molecular complexity index is 486. The standard InChI is InChI=1S/C16H28N4O2S/c1-3-20(8-9-21)16(22)17-10-14-4-6-19(7-5-14)11-15-12-23-13(2)18-15/h12,14,21H,3-11H2,1-2H3,(H,17,22). The van der Waals surface area contributed by atoms with Crippen LogP contribution < -0.4 is 5.32 Å². The summed E-state index contributed by atoms with van der Waals surface area (Å²) in [6.45, 7) is 8.78. The molecule has 23 heavy (non-hydrogen) atoms. The highest BCUT2D eigenvalue weighted by Gasteiger charge is 2.21. The van der Waals surface area contributed by atoms with Gasteiger partial charge in [0.15, 0.2) is 0 Å². The second-order valence-electron chi connectivity index (χ2n) is 6.07. The maximum absolute atomic E-state index is 12.0. The fourth-order valence-corrected chi connectivity index (χ4v) is 3.53. The number of rotatable bonds is 7. The first-order valence-electron chi connectivity index (χ1n) is 8.39. The zero-order valence-electron chi connectivity index (χ0n) is 14.1. The Morgan fingerprint density at radius 3 is 2.83 bits per heavy atom. The number of nitrogens with zero attached hydrogens (tertiary/aromatic N) is 3. The van der Waals surface area contributed by atoms with Gasteiger partial charge in [-0.15, -0.1) is 11.3 Å². The fourth-order valence-electron chi connectivity index (χ4n) is 2.93. The van der Waals surface area contributed by atoms with Crippen molar-refractivity contribution in [3.8, 4) is 0 Å². The lowest BCUT2D eigenvalue weighted by Gasteiger charge is -2.32. The highest BCUT2D eigenvalue weighted by atomic mass is 32.1. The minimum atomic E-state index is -0.0677. The van der Waals surface area contributed by atoms with Gasteiger partial charge in [0.1, 0.15) is 0 Å². The van der Waals surface area contributed by atoms with E-state index in [1.54, 1.807) is 16.2 Å². The van der Waals surface area contributed by atoms with Crippen molar-refractivity contribution >= 4 is 17.4 Å². The molecule has 1 aromatic rings. The smallest absolute Gasteiger partial charge is 0.317 e. The van der Waals surface area contributed by atoms with E-state index in [0.717, 1.165) is 44.0 Å². The van der Waals surface area contributed by atoms with Gasteiger partial charge >= 0.3 is 6.03 Å². The number of aliphatic hydroxyl groups excluding tert-OH is 1. The predicted octanol–water partition coefficient (Wildman–Crippen LogP) is 1.69. The highest BCUT2D eigenvalue weighted by Crippen LogP contribution is 2.19. The molecular formula is C16H28N4O2S. The number of urea groups is 1. The Balaban J connectivity index is 1.67. The number of aliphatic hydroxyl groups is 1. The van der Waals surface area contributed by atoms with Gasteiger partial charge in [0.2, 0.25) is 0 Å². The van der Waals surface area contributed by atoms with E-state index >= 15 is 0 Å². The lowest BCUT2D eigenvalue weighted by Crippen LogP contribution is -2.44. The summed E-state index contributed by atoms with van der Waals surface area (Å²) in [6, 6.07) is -0.0677. The molecule has 1 fully saturated rings. The van der Waals surface area contributed by atoms with Crippen LogP contribution in [0.3, 0.4) is 0 Å². The minimum Gasteiger partial charge on any atom is -0.395 e. The van der Waals surface area contributed by atoms with Crippen LogP contribution in [0.4, 0.5) is 4.79 Å². The molecule has 2 heterocycles. The Labute approximate surface area is 142 Å². The number of aryl methyl sites for hydroxylation is 1. The summed E-state index contributed by atoms with van der Waals surface area (Å²) >= 11 is 1.71. The number of thiazole rings is 1. The maximum Gasteiger partial charge on any atom is 0.317 e. The van der Waals surface area contributed by atoms with E-state index in [0.29, 0.717) is 19.0 Å². The first-order chi connectivity index (χ1) is 11.1. The zero-order chi connectivity index (χ0) is 16.7. The number of nitrogens with one attached hydrogen (secondary N) is 1. The fraction of sp³-hybridized carbons (Fsp3) is 0.750. The van der Waals surface area contributed by atoms with Gasteiger partial charge < -0.3 is 15.3 Å². The molecule has 1 aliphatic rings. The van der Waals surface area contributed by atoms with Crippen LogP contribution in [0, 0.1) is 12.8 Å². The molecule has 130 valence electrons. The third kappa shape index (κ3) is 5.75. The summed E-state index contributed by atoms with van der Waals surface area (Å²) in [5, 5.41) is 15.2. The lowest BCUT2D eigenvalue weighted by molar-refractivity contribution is 0.162. The molecule has 0 unspecified atom stereocenters. The molecule has 1 saturated heterocycles. The van der Waals surface area contributed by atoms with Crippen LogP contribution in [0.5, 0.6) is 0 Å². The first kappa shape index (κ1) is 18.2. The van der Waals surface area contributed by atoms with Crippen molar-refractivity contribution in [1.82, 2.24) is 20.1 Å². The Morgan fingerprint density at radius 1 is 1.52 bits per heavy atom. The van der Waals surface area contributed by atoms with Gasteiger partial charge in [-0.25, -0.2) is 9.78 Å². The number of aromatic nitrogens is 1. The molecule has 2 rings (SSSR count). The molecule has 7 heteroatoms. The van der Waals surface area contributed by atoms with Gasteiger partial charge in [-0.3, -0.25) is 4.90 Å².